The molecule has 0 amide bonds. The van der Waals surface area contributed by atoms with Crippen LogP contribution in [-0.2, 0) is 9.84 Å². The van der Waals surface area contributed by atoms with Gasteiger partial charge >= 0.3 is 0 Å². The number of sulfone groups is 1. The molecule has 1 N–H and O–H groups in total. The van der Waals surface area contributed by atoms with E-state index in [4.69, 9.17) is 0 Å². The first-order valence-corrected chi connectivity index (χ1v) is 9.00. The van der Waals surface area contributed by atoms with Crippen molar-refractivity contribution < 1.29 is 8.42 Å². The average molecular weight is 277 g/mol. The van der Waals surface area contributed by atoms with Gasteiger partial charge in [0.25, 0.3) is 0 Å². The average Bonchev–Trinajstić information content (AvgIpc) is 2.27. The van der Waals surface area contributed by atoms with Crippen LogP contribution in [-0.4, -0.2) is 32.5 Å². The molecule has 0 aliphatic rings. The summed E-state index contributed by atoms with van der Waals surface area (Å²) in [5.74, 6) is 0.603. The zero-order chi connectivity index (χ0) is 14.2. The van der Waals surface area contributed by atoms with Gasteiger partial charge in [-0.05, 0) is 24.7 Å². The molecular weight excluding hydrogens is 246 g/mol. The Bertz CT molecular complexity index is 312. The van der Waals surface area contributed by atoms with E-state index in [2.05, 4.69) is 33.0 Å². The summed E-state index contributed by atoms with van der Waals surface area (Å²) in [5.41, 5.74) is 0.224. The first-order chi connectivity index (χ1) is 8.24. The van der Waals surface area contributed by atoms with E-state index in [1.807, 2.05) is 0 Å². The van der Waals surface area contributed by atoms with E-state index >= 15 is 0 Å². The van der Waals surface area contributed by atoms with Gasteiger partial charge < -0.3 is 5.32 Å². The Morgan fingerprint density at radius 2 is 1.78 bits per heavy atom. The third-order valence-corrected chi connectivity index (χ3v) is 5.26. The van der Waals surface area contributed by atoms with Crippen LogP contribution in [0.5, 0.6) is 0 Å². The summed E-state index contributed by atoms with van der Waals surface area (Å²) in [6.45, 7) is 11.5. The molecular formula is C14H31NO2S. The summed E-state index contributed by atoms with van der Waals surface area (Å²) in [7, 11) is -2.81. The van der Waals surface area contributed by atoms with Gasteiger partial charge in [-0.15, -0.1) is 0 Å². The van der Waals surface area contributed by atoms with Crippen LogP contribution in [0.4, 0.5) is 0 Å². The number of rotatable bonds is 10. The van der Waals surface area contributed by atoms with E-state index in [9.17, 15) is 8.42 Å². The van der Waals surface area contributed by atoms with Gasteiger partial charge in [0.15, 0.2) is 0 Å². The molecule has 0 bridgehead atoms. The van der Waals surface area contributed by atoms with Crippen LogP contribution < -0.4 is 5.32 Å². The molecule has 0 saturated heterocycles. The maximum absolute atomic E-state index is 11.5. The van der Waals surface area contributed by atoms with E-state index in [1.165, 1.54) is 0 Å². The van der Waals surface area contributed by atoms with E-state index in [-0.39, 0.29) is 11.2 Å². The van der Waals surface area contributed by atoms with Crippen molar-refractivity contribution >= 4 is 9.84 Å². The molecule has 0 heterocycles. The zero-order valence-corrected chi connectivity index (χ0v) is 13.6. The van der Waals surface area contributed by atoms with Crippen LogP contribution >= 0.6 is 0 Å². The minimum Gasteiger partial charge on any atom is -0.314 e. The molecule has 0 aliphatic heterocycles. The molecule has 0 rings (SSSR count). The van der Waals surface area contributed by atoms with Crippen molar-refractivity contribution in [2.45, 2.75) is 66.3 Å². The van der Waals surface area contributed by atoms with Gasteiger partial charge in [0.05, 0.1) is 5.75 Å². The van der Waals surface area contributed by atoms with Crippen molar-refractivity contribution in [3.8, 4) is 0 Å². The Kier molecular flexibility index (Phi) is 8.11. The van der Waals surface area contributed by atoms with Gasteiger partial charge in [-0.25, -0.2) is 8.42 Å². The topological polar surface area (TPSA) is 46.2 Å². The van der Waals surface area contributed by atoms with Gasteiger partial charge in [-0.3, -0.25) is 0 Å². The van der Waals surface area contributed by atoms with Crippen LogP contribution in [0.15, 0.2) is 0 Å². The Morgan fingerprint density at radius 1 is 1.17 bits per heavy atom. The predicted molar refractivity (Wildman–Crippen MR) is 79.7 cm³/mol. The fourth-order valence-electron chi connectivity index (χ4n) is 2.22. The molecule has 0 fully saturated rings. The lowest BCUT2D eigenvalue weighted by atomic mass is 9.81. The fraction of sp³-hybridized carbons (Fsp3) is 1.00. The molecule has 4 heteroatoms. The Morgan fingerprint density at radius 3 is 2.22 bits per heavy atom. The van der Waals surface area contributed by atoms with Crippen LogP contribution in [0.2, 0.25) is 0 Å². The molecule has 0 saturated carbocycles. The summed E-state index contributed by atoms with van der Waals surface area (Å²) in [5, 5.41) is 3.48. The minimum atomic E-state index is -2.81. The Labute approximate surface area is 114 Å². The lowest BCUT2D eigenvalue weighted by Gasteiger charge is -2.31. The maximum Gasteiger partial charge on any atom is 0.150 e. The van der Waals surface area contributed by atoms with E-state index < -0.39 is 9.84 Å². The number of nitrogens with one attached hydrogen (secondary N) is 1. The normalized spacial score (nSPS) is 15.9. The largest absolute Gasteiger partial charge is 0.314 e. The van der Waals surface area contributed by atoms with Gasteiger partial charge in [-0.2, -0.15) is 0 Å². The molecule has 0 aromatic carbocycles. The van der Waals surface area contributed by atoms with Crippen LogP contribution in [0.1, 0.15) is 60.3 Å². The molecule has 1 unspecified atom stereocenters. The molecule has 110 valence electrons. The van der Waals surface area contributed by atoms with Crippen molar-refractivity contribution in [3.05, 3.63) is 0 Å². The highest BCUT2D eigenvalue weighted by Crippen LogP contribution is 2.28. The number of hydrogen-bond donors (Lipinski definition) is 1. The van der Waals surface area contributed by atoms with Crippen molar-refractivity contribution in [2.75, 3.05) is 18.1 Å². The summed E-state index contributed by atoms with van der Waals surface area (Å²) < 4.78 is 23.0. The summed E-state index contributed by atoms with van der Waals surface area (Å²) in [6, 6.07) is 0.487. The summed E-state index contributed by atoms with van der Waals surface area (Å²) >= 11 is 0. The van der Waals surface area contributed by atoms with E-state index in [1.54, 1.807) is 6.92 Å². The minimum absolute atomic E-state index is 0.224. The standard InChI is InChI=1S/C14H31NO2S/c1-6-9-14(5,12-15-13(3)4)10-8-11-18(16,17)7-2/h13,15H,6-12H2,1-5H3. The highest BCUT2D eigenvalue weighted by molar-refractivity contribution is 7.91. The monoisotopic (exact) mass is 277 g/mol. The molecule has 0 aromatic rings. The second-order valence-corrected chi connectivity index (χ2v) is 8.41. The van der Waals surface area contributed by atoms with Gasteiger partial charge in [-0.1, -0.05) is 41.0 Å². The van der Waals surface area contributed by atoms with Crippen molar-refractivity contribution in [1.29, 1.82) is 0 Å². The fourth-order valence-corrected chi connectivity index (χ4v) is 3.09. The van der Waals surface area contributed by atoms with Crippen molar-refractivity contribution in [3.63, 3.8) is 0 Å². The number of hydrogen-bond acceptors (Lipinski definition) is 3. The second kappa shape index (κ2) is 8.16. The molecule has 18 heavy (non-hydrogen) atoms. The third-order valence-electron chi connectivity index (χ3n) is 3.47. The molecule has 0 aromatic heterocycles. The highest BCUT2D eigenvalue weighted by Gasteiger charge is 2.23. The summed E-state index contributed by atoms with van der Waals surface area (Å²) in [4.78, 5) is 0. The molecule has 0 spiro atoms. The quantitative estimate of drug-likeness (QED) is 0.667. The predicted octanol–water partition coefficient (Wildman–Crippen LogP) is 3.01. The molecule has 3 nitrogen and oxygen atoms in total. The van der Waals surface area contributed by atoms with Crippen molar-refractivity contribution in [1.82, 2.24) is 5.32 Å². The third kappa shape index (κ3) is 8.09. The van der Waals surface area contributed by atoms with E-state index in [0.29, 0.717) is 11.8 Å². The maximum atomic E-state index is 11.5. The van der Waals surface area contributed by atoms with Crippen LogP contribution in [0.3, 0.4) is 0 Å². The second-order valence-electron chi connectivity index (χ2n) is 5.94. The highest BCUT2D eigenvalue weighted by atomic mass is 32.2. The van der Waals surface area contributed by atoms with Gasteiger partial charge in [0, 0.05) is 18.3 Å². The van der Waals surface area contributed by atoms with Crippen LogP contribution in [0.25, 0.3) is 0 Å². The van der Waals surface area contributed by atoms with Crippen molar-refractivity contribution in [2.24, 2.45) is 5.41 Å². The zero-order valence-electron chi connectivity index (χ0n) is 12.8. The Hall–Kier alpha value is -0.0900. The van der Waals surface area contributed by atoms with E-state index in [0.717, 1.165) is 32.2 Å². The lowest BCUT2D eigenvalue weighted by molar-refractivity contribution is 0.246. The molecule has 0 aliphatic carbocycles. The SMILES string of the molecule is CCCC(C)(CCCS(=O)(=O)CC)CNC(C)C. The van der Waals surface area contributed by atoms with Crippen LogP contribution in [0, 0.1) is 5.41 Å². The Balaban J connectivity index is 4.25. The van der Waals surface area contributed by atoms with Gasteiger partial charge in [0.1, 0.15) is 9.84 Å². The lowest BCUT2D eigenvalue weighted by Crippen LogP contribution is -2.36. The summed E-state index contributed by atoms with van der Waals surface area (Å²) in [6.07, 6.45) is 4.07. The van der Waals surface area contributed by atoms with Gasteiger partial charge in [0.2, 0.25) is 0 Å². The first-order valence-electron chi connectivity index (χ1n) is 7.18. The molecule has 1 atom stereocenters. The smallest absolute Gasteiger partial charge is 0.150 e. The first kappa shape index (κ1) is 17.9. The molecule has 0 radical (unpaired) electrons.